The number of nitrogens with one attached hydrogen (secondary N) is 1. The van der Waals surface area contributed by atoms with Gasteiger partial charge in [0.25, 0.3) is 7.82 Å². The van der Waals surface area contributed by atoms with E-state index in [0.29, 0.717) is 32.5 Å². The minimum Gasteiger partial charge on any atom is -0.756 e. The number of ether oxygens (including phenoxy) is 3. The second-order valence-electron chi connectivity index (χ2n) is 18.9. The Kier molecular flexibility index (Phi) is 43.9. The first-order valence-corrected chi connectivity index (χ1v) is 29.1. The van der Waals surface area contributed by atoms with E-state index < -0.39 is 38.6 Å². The number of quaternary nitrogens is 1. The van der Waals surface area contributed by atoms with E-state index in [4.69, 9.17) is 23.3 Å². The van der Waals surface area contributed by atoms with Gasteiger partial charge in [0.1, 0.15) is 19.3 Å². The molecule has 0 aromatic carbocycles. The van der Waals surface area contributed by atoms with Crippen molar-refractivity contribution in [3.8, 4) is 0 Å². The Balaban J connectivity index is 2.33. The van der Waals surface area contributed by atoms with Gasteiger partial charge in [0.15, 0.2) is 6.10 Å². The zero-order chi connectivity index (χ0) is 47.9. The lowest BCUT2D eigenvalue weighted by atomic mass is 10.0. The van der Waals surface area contributed by atoms with Crippen molar-refractivity contribution in [2.75, 3.05) is 39.5 Å². The molecule has 13 heteroatoms. The zero-order valence-electron chi connectivity index (χ0n) is 42.5. The Hall–Kier alpha value is -1.98. The van der Waals surface area contributed by atoms with E-state index >= 15 is 0 Å². The van der Waals surface area contributed by atoms with E-state index in [-0.39, 0.29) is 32.2 Å². The highest BCUT2D eigenvalue weighted by Gasteiger charge is 2.21. The molecule has 3 N–H and O–H groups in total. The number of esters is 2. The summed E-state index contributed by atoms with van der Waals surface area (Å²) >= 11 is 0. The molecular weight excluding hydrogens is 856 g/mol. The number of unbranched alkanes of at least 4 members (excludes halogenated alkanes) is 28. The van der Waals surface area contributed by atoms with Crippen LogP contribution in [0.1, 0.15) is 258 Å². The third kappa shape index (κ3) is 43.3. The molecule has 3 atom stereocenters. The summed E-state index contributed by atoms with van der Waals surface area (Å²) in [7, 11) is -4.71. The number of nitrogens with two attached hydrogens (primary N) is 1. The second kappa shape index (κ2) is 46.7. The van der Waals surface area contributed by atoms with Crippen molar-refractivity contribution in [1.82, 2.24) is 5.32 Å². The molecule has 2 unspecified atom stereocenters. The van der Waals surface area contributed by atoms with E-state index in [0.717, 1.165) is 70.6 Å². The molecule has 0 bridgehead atoms. The average molecular weight is 957 g/mol. The predicted octanol–water partition coefficient (Wildman–Crippen LogP) is 13.0. The van der Waals surface area contributed by atoms with Crippen molar-refractivity contribution in [1.29, 1.82) is 0 Å². The lowest BCUT2D eigenvalue weighted by Gasteiger charge is -2.25. The Morgan fingerprint density at radius 2 is 1.06 bits per heavy atom. The lowest BCUT2D eigenvalue weighted by molar-refractivity contribution is -0.655. The van der Waals surface area contributed by atoms with Gasteiger partial charge in [0, 0.05) is 25.8 Å². The smallest absolute Gasteiger partial charge is 0.407 e. The van der Waals surface area contributed by atoms with Crippen LogP contribution < -0.4 is 15.5 Å². The third-order valence-electron chi connectivity index (χ3n) is 12.5. The fraction of sp³-hybridized carbons (Fsp3) is 0.906. The third-order valence-corrected chi connectivity index (χ3v) is 13.5. The highest BCUT2D eigenvalue weighted by atomic mass is 31.2. The molecular formula is C53H101N2O10P. The SMILES string of the molecule is CCCCCCCCCCCCCCCCCC(=O)OC[C@H](COP(=O)([O-])OCC[NH2+]CCCNC(=O)OC1CC/C=C/CCC1)OC(=O)CCCCCCCCCCCCCCCCC. The Morgan fingerprint density at radius 3 is 1.58 bits per heavy atom. The van der Waals surface area contributed by atoms with E-state index in [1.807, 2.05) is 5.32 Å². The van der Waals surface area contributed by atoms with Crippen molar-refractivity contribution < 1.29 is 52.4 Å². The summed E-state index contributed by atoms with van der Waals surface area (Å²) in [4.78, 5) is 50.2. The predicted molar refractivity (Wildman–Crippen MR) is 266 cm³/mol. The maximum atomic E-state index is 12.8. The number of hydrogen-bond acceptors (Lipinski definition) is 10. The van der Waals surface area contributed by atoms with Crippen molar-refractivity contribution in [3.05, 3.63) is 12.2 Å². The van der Waals surface area contributed by atoms with Crippen LogP contribution in [0.4, 0.5) is 4.79 Å². The molecule has 0 fully saturated rings. The summed E-state index contributed by atoms with van der Waals surface area (Å²) in [6.07, 6.45) is 45.6. The number of phosphoric ester groups is 1. The fourth-order valence-corrected chi connectivity index (χ4v) is 9.13. The number of carbonyl (C=O) groups is 3. The van der Waals surface area contributed by atoms with Crippen LogP contribution in [0.5, 0.6) is 0 Å². The second-order valence-corrected chi connectivity index (χ2v) is 20.3. The standard InChI is InChI=1S/C53H101N2O10P/c1-3-5-7-9-11-13-15-17-19-21-23-25-27-32-36-41-51(56)61-47-50(64-52(57)42-37-33-28-26-24-22-20-18-16-14-12-10-8-6-4-2)48-63-66(59,60)62-46-45-54-43-38-44-55-53(58)65-49-39-34-30-29-31-35-40-49/h29-30,49-50,54H,3-28,31-48H2,1-2H3,(H,55,58)(H,59,60)/b30-29+/t49?,50-/m1/s1. The van der Waals surface area contributed by atoms with Gasteiger partial charge < -0.3 is 38.8 Å². The summed E-state index contributed by atoms with van der Waals surface area (Å²) in [5.41, 5.74) is 0. The molecule has 0 saturated heterocycles. The quantitative estimate of drug-likeness (QED) is 0.0197. The summed E-state index contributed by atoms with van der Waals surface area (Å²) in [5, 5.41) is 4.69. The highest BCUT2D eigenvalue weighted by molar-refractivity contribution is 7.45. The van der Waals surface area contributed by atoms with Crippen LogP contribution in [0, 0.1) is 0 Å². The number of carbonyl (C=O) groups excluding carboxylic acids is 3. The van der Waals surface area contributed by atoms with Crippen molar-refractivity contribution in [3.63, 3.8) is 0 Å². The van der Waals surface area contributed by atoms with Crippen LogP contribution in [0.25, 0.3) is 0 Å². The number of allylic oxidation sites excluding steroid dienone is 2. The molecule has 66 heavy (non-hydrogen) atoms. The van der Waals surface area contributed by atoms with Crippen molar-refractivity contribution in [2.45, 2.75) is 270 Å². The van der Waals surface area contributed by atoms with Crippen LogP contribution in [-0.2, 0) is 37.4 Å². The van der Waals surface area contributed by atoms with E-state index in [1.165, 1.54) is 148 Å². The Bertz CT molecular complexity index is 1210. The maximum absolute atomic E-state index is 12.8. The van der Waals surface area contributed by atoms with Gasteiger partial charge in [-0.2, -0.15) is 0 Å². The Labute approximate surface area is 404 Å². The normalized spacial score (nSPS) is 15.9. The molecule has 0 aromatic heterocycles. The molecule has 0 radical (unpaired) electrons. The van der Waals surface area contributed by atoms with Gasteiger partial charge in [-0.1, -0.05) is 206 Å². The molecule has 1 aliphatic rings. The van der Waals surface area contributed by atoms with E-state index in [9.17, 15) is 23.8 Å². The van der Waals surface area contributed by atoms with Gasteiger partial charge in [-0.25, -0.2) is 4.79 Å². The van der Waals surface area contributed by atoms with Gasteiger partial charge in [-0.15, -0.1) is 0 Å². The molecule has 12 nitrogen and oxygen atoms in total. The van der Waals surface area contributed by atoms with Crippen LogP contribution in [0.2, 0.25) is 0 Å². The lowest BCUT2D eigenvalue weighted by Crippen LogP contribution is -2.85. The first-order valence-electron chi connectivity index (χ1n) is 27.6. The van der Waals surface area contributed by atoms with Gasteiger partial charge in [-0.05, 0) is 44.9 Å². The average Bonchev–Trinajstić information content (AvgIpc) is 3.29. The molecule has 0 heterocycles. The highest BCUT2D eigenvalue weighted by Crippen LogP contribution is 2.38. The van der Waals surface area contributed by atoms with Crippen LogP contribution in [0.3, 0.4) is 0 Å². The largest absolute Gasteiger partial charge is 0.756 e. The van der Waals surface area contributed by atoms with E-state index in [1.54, 1.807) is 0 Å². The van der Waals surface area contributed by atoms with Gasteiger partial charge in [0.05, 0.1) is 19.7 Å². The summed E-state index contributed by atoms with van der Waals surface area (Å²) < 4.78 is 39.4. The van der Waals surface area contributed by atoms with Crippen LogP contribution in [0.15, 0.2) is 12.2 Å². The maximum Gasteiger partial charge on any atom is 0.407 e. The van der Waals surface area contributed by atoms with E-state index in [2.05, 4.69) is 31.3 Å². The topological polar surface area (TPSA) is 166 Å². The number of alkyl carbamates (subject to hydrolysis) is 1. The molecule has 0 aliphatic heterocycles. The monoisotopic (exact) mass is 957 g/mol. The molecule has 1 rings (SSSR count). The van der Waals surface area contributed by atoms with Crippen molar-refractivity contribution in [2.24, 2.45) is 0 Å². The van der Waals surface area contributed by atoms with Crippen LogP contribution in [-0.4, -0.2) is 69.7 Å². The first-order chi connectivity index (χ1) is 32.3. The van der Waals surface area contributed by atoms with Gasteiger partial charge in [0.2, 0.25) is 0 Å². The summed E-state index contributed by atoms with van der Waals surface area (Å²) in [5.74, 6) is -0.863. The van der Waals surface area contributed by atoms with Gasteiger partial charge in [-0.3, -0.25) is 14.2 Å². The van der Waals surface area contributed by atoms with Gasteiger partial charge >= 0.3 is 18.0 Å². The number of phosphoric acid groups is 1. The van der Waals surface area contributed by atoms with Crippen molar-refractivity contribution >= 4 is 25.9 Å². The number of hydrogen-bond donors (Lipinski definition) is 2. The summed E-state index contributed by atoms with van der Waals surface area (Å²) in [6, 6.07) is 0. The Morgan fingerprint density at radius 1 is 0.591 bits per heavy atom. The summed E-state index contributed by atoms with van der Waals surface area (Å²) in [6.45, 7) is 5.10. The molecule has 0 aromatic rings. The first kappa shape index (κ1) is 62.0. The fourth-order valence-electron chi connectivity index (χ4n) is 8.38. The number of amides is 1. The molecule has 388 valence electrons. The van der Waals surface area contributed by atoms with Crippen LogP contribution >= 0.6 is 7.82 Å². The molecule has 0 saturated carbocycles. The molecule has 1 amide bonds. The molecule has 1 aliphatic carbocycles. The minimum absolute atomic E-state index is 0.0572. The zero-order valence-corrected chi connectivity index (χ0v) is 43.4. The minimum atomic E-state index is -4.71. The molecule has 0 spiro atoms. The number of rotatable bonds is 47.